The number of carbonyl (C=O) groups excluding carboxylic acids is 1. The highest BCUT2D eigenvalue weighted by molar-refractivity contribution is 7.84. The van der Waals surface area contributed by atoms with E-state index in [4.69, 9.17) is 9.47 Å². The summed E-state index contributed by atoms with van der Waals surface area (Å²) >= 11 is -1.46. The zero-order chi connectivity index (χ0) is 22.2. The van der Waals surface area contributed by atoms with Gasteiger partial charge in [-0.3, -0.25) is 9.62 Å². The summed E-state index contributed by atoms with van der Waals surface area (Å²) in [4.78, 5) is 17.7. The van der Waals surface area contributed by atoms with Gasteiger partial charge in [-0.1, -0.05) is 6.07 Å². The molecule has 2 N–H and O–H groups in total. The molecule has 0 aliphatic carbocycles. The minimum absolute atomic E-state index is 0.00211. The number of nitrogens with zero attached hydrogens (tertiary/aromatic N) is 2. The maximum Gasteiger partial charge on any atom is 0.415 e. The number of rotatable bonds is 4. The Bertz CT molecular complexity index is 1260. The van der Waals surface area contributed by atoms with Crippen LogP contribution in [0.2, 0.25) is 0 Å². The summed E-state index contributed by atoms with van der Waals surface area (Å²) in [6.07, 6.45) is 0.758. The molecular formula is C21H16F2N4O4S. The molecule has 1 amide bonds. The number of hydrogen-bond donors (Lipinski definition) is 2. The van der Waals surface area contributed by atoms with Gasteiger partial charge in [-0.25, -0.2) is 27.5 Å². The molecule has 164 valence electrons. The quantitative estimate of drug-likeness (QED) is 0.621. The fraction of sp³-hybridized carbons (Fsp3) is 0.143. The Morgan fingerprint density at radius 1 is 1.22 bits per heavy atom. The number of pyridine rings is 1. The van der Waals surface area contributed by atoms with Crippen molar-refractivity contribution in [1.82, 2.24) is 14.6 Å². The molecule has 0 fully saturated rings. The molecule has 1 atom stereocenters. The highest BCUT2D eigenvalue weighted by atomic mass is 32.2. The van der Waals surface area contributed by atoms with Crippen LogP contribution in [0.4, 0.5) is 19.3 Å². The molecule has 8 nitrogen and oxygen atoms in total. The first kappa shape index (κ1) is 20.3. The number of halogens is 2. The first-order valence-corrected chi connectivity index (χ1v) is 10.7. The number of anilines is 1. The topological polar surface area (TPSA) is 92.8 Å². The largest absolute Gasteiger partial charge is 0.436 e. The lowest BCUT2D eigenvalue weighted by molar-refractivity contribution is 0.134. The van der Waals surface area contributed by atoms with Crippen molar-refractivity contribution in [1.29, 1.82) is 0 Å². The fourth-order valence-corrected chi connectivity index (χ4v) is 4.21. The molecule has 1 unspecified atom stereocenters. The number of fused-ring (bicyclic) bond motifs is 2. The van der Waals surface area contributed by atoms with E-state index in [9.17, 15) is 17.8 Å². The average Bonchev–Trinajstić information content (AvgIpc) is 2.78. The van der Waals surface area contributed by atoms with Crippen molar-refractivity contribution in [2.45, 2.75) is 19.6 Å². The summed E-state index contributed by atoms with van der Waals surface area (Å²) in [6, 6.07) is 10.6. The maximum atomic E-state index is 14.9. The second-order valence-corrected chi connectivity index (χ2v) is 8.17. The second kappa shape index (κ2) is 8.17. The van der Waals surface area contributed by atoms with E-state index in [1.165, 1.54) is 29.3 Å². The third-order valence-corrected chi connectivity index (χ3v) is 5.87. The molecule has 0 spiro atoms. The van der Waals surface area contributed by atoms with Crippen molar-refractivity contribution >= 4 is 23.0 Å². The predicted octanol–water partition coefficient (Wildman–Crippen LogP) is 3.76. The Morgan fingerprint density at radius 3 is 2.94 bits per heavy atom. The number of ether oxygens (including phenoxy) is 2. The van der Waals surface area contributed by atoms with E-state index in [2.05, 4.69) is 14.4 Å². The predicted molar refractivity (Wildman–Crippen MR) is 111 cm³/mol. The molecule has 0 radical (unpaired) electrons. The monoisotopic (exact) mass is 458 g/mol. The van der Waals surface area contributed by atoms with E-state index in [1.54, 1.807) is 24.3 Å². The summed E-state index contributed by atoms with van der Waals surface area (Å²) in [5.74, 6) is -0.731. The number of amides is 1. The zero-order valence-electron chi connectivity index (χ0n) is 16.4. The Hall–Kier alpha value is -3.57. The van der Waals surface area contributed by atoms with Gasteiger partial charge in [0.2, 0.25) is 0 Å². The lowest BCUT2D eigenvalue weighted by Gasteiger charge is -2.29. The minimum Gasteiger partial charge on any atom is -0.436 e. The number of hydrogen-bond acceptors (Lipinski definition) is 5. The summed E-state index contributed by atoms with van der Waals surface area (Å²) < 4.78 is 56.3. The molecule has 2 aliphatic rings. The molecule has 2 aliphatic heterocycles. The van der Waals surface area contributed by atoms with Crippen LogP contribution in [0.3, 0.4) is 0 Å². The fourth-order valence-electron chi connectivity index (χ4n) is 3.47. The molecule has 5 rings (SSSR count). The third kappa shape index (κ3) is 3.87. The summed E-state index contributed by atoms with van der Waals surface area (Å²) in [6.45, 7) is 0.308. The van der Waals surface area contributed by atoms with Crippen molar-refractivity contribution in [3.8, 4) is 17.4 Å². The number of benzene rings is 2. The zero-order valence-corrected chi connectivity index (χ0v) is 17.2. The van der Waals surface area contributed by atoms with Crippen LogP contribution in [-0.4, -0.2) is 20.2 Å². The Morgan fingerprint density at radius 2 is 2.09 bits per heavy atom. The molecular weight excluding hydrogens is 442 g/mol. The lowest BCUT2D eigenvalue weighted by Crippen LogP contribution is -2.37. The van der Waals surface area contributed by atoms with Crippen LogP contribution in [0.25, 0.3) is 0 Å². The smallest absolute Gasteiger partial charge is 0.415 e. The number of nitrogens with one attached hydrogen (secondary N) is 2. The molecule has 0 saturated carbocycles. The molecule has 0 bridgehead atoms. The van der Waals surface area contributed by atoms with E-state index in [0.29, 0.717) is 22.4 Å². The summed E-state index contributed by atoms with van der Waals surface area (Å²) in [5.41, 5.74) is 1.81. The van der Waals surface area contributed by atoms with Crippen molar-refractivity contribution in [2.24, 2.45) is 0 Å². The average molecular weight is 458 g/mol. The van der Waals surface area contributed by atoms with Crippen molar-refractivity contribution < 1.29 is 27.3 Å². The summed E-state index contributed by atoms with van der Waals surface area (Å²) in [7, 11) is 0. The Balaban J connectivity index is 1.34. The van der Waals surface area contributed by atoms with Gasteiger partial charge in [0.25, 0.3) is 5.88 Å². The van der Waals surface area contributed by atoms with E-state index < -0.39 is 28.9 Å². The number of aromatic nitrogens is 1. The SMILES string of the molecule is O=C1Oc2cc(Oc3ncccc3F)ccc2CN1Cc1ccc2c(c1F)CNS(=O)N2. The van der Waals surface area contributed by atoms with Gasteiger partial charge in [-0.15, -0.1) is 0 Å². The van der Waals surface area contributed by atoms with Gasteiger partial charge < -0.3 is 9.47 Å². The minimum atomic E-state index is -1.46. The van der Waals surface area contributed by atoms with Crippen LogP contribution in [0.15, 0.2) is 48.7 Å². The van der Waals surface area contributed by atoms with E-state index in [0.717, 1.165) is 0 Å². The highest BCUT2D eigenvalue weighted by Gasteiger charge is 2.28. The first-order chi connectivity index (χ1) is 15.5. The second-order valence-electron chi connectivity index (χ2n) is 7.14. The molecule has 32 heavy (non-hydrogen) atoms. The summed E-state index contributed by atoms with van der Waals surface area (Å²) in [5, 5.41) is 0. The van der Waals surface area contributed by atoms with Gasteiger partial charge in [0.1, 0.15) is 17.3 Å². The Labute approximate surface area is 183 Å². The van der Waals surface area contributed by atoms with Gasteiger partial charge in [-0.2, -0.15) is 0 Å². The highest BCUT2D eigenvalue weighted by Crippen LogP contribution is 2.34. The molecule has 2 aromatic carbocycles. The van der Waals surface area contributed by atoms with Crippen LogP contribution in [0.1, 0.15) is 16.7 Å². The van der Waals surface area contributed by atoms with Gasteiger partial charge in [0, 0.05) is 35.5 Å². The van der Waals surface area contributed by atoms with E-state index >= 15 is 0 Å². The molecule has 0 saturated heterocycles. The van der Waals surface area contributed by atoms with Crippen LogP contribution < -0.4 is 18.9 Å². The third-order valence-electron chi connectivity index (χ3n) is 5.06. The standard InChI is InChI=1S/C21H16F2N4O4S/c22-16-2-1-7-24-20(16)30-14-5-3-12-10-27(21(28)31-18(12)8-14)11-13-4-6-17-15(19(13)23)9-25-32(29)26-17/h1-8,25-26H,9-11H2. The van der Waals surface area contributed by atoms with Gasteiger partial charge in [0.15, 0.2) is 17.0 Å². The van der Waals surface area contributed by atoms with E-state index in [-0.39, 0.29) is 37.0 Å². The van der Waals surface area contributed by atoms with Crippen molar-refractivity contribution in [2.75, 3.05) is 4.72 Å². The van der Waals surface area contributed by atoms with Crippen molar-refractivity contribution in [3.05, 3.63) is 77.0 Å². The lowest BCUT2D eigenvalue weighted by atomic mass is 10.1. The van der Waals surface area contributed by atoms with Crippen molar-refractivity contribution in [3.63, 3.8) is 0 Å². The Kier molecular flexibility index (Phi) is 5.19. The first-order valence-electron chi connectivity index (χ1n) is 9.58. The molecule has 3 aromatic rings. The van der Waals surface area contributed by atoms with Crippen LogP contribution in [0, 0.1) is 11.6 Å². The molecule has 11 heteroatoms. The molecule has 3 heterocycles. The normalized spacial score (nSPS) is 17.1. The van der Waals surface area contributed by atoms with Gasteiger partial charge in [-0.05, 0) is 30.3 Å². The number of carbonyl (C=O) groups is 1. The van der Waals surface area contributed by atoms with Crippen LogP contribution >= 0.6 is 0 Å². The van der Waals surface area contributed by atoms with Gasteiger partial charge >= 0.3 is 6.09 Å². The van der Waals surface area contributed by atoms with E-state index in [1.807, 2.05) is 0 Å². The maximum absolute atomic E-state index is 14.9. The van der Waals surface area contributed by atoms with Crippen LogP contribution in [0.5, 0.6) is 17.4 Å². The van der Waals surface area contributed by atoms with Crippen LogP contribution in [-0.2, 0) is 30.8 Å². The molecule has 1 aromatic heterocycles. The van der Waals surface area contributed by atoms with Gasteiger partial charge in [0.05, 0.1) is 18.8 Å².